The van der Waals surface area contributed by atoms with Crippen LogP contribution in [0.4, 0.5) is 11.6 Å². The van der Waals surface area contributed by atoms with Gasteiger partial charge in [-0.2, -0.15) is 10.4 Å². The maximum atomic E-state index is 9.00. The largest absolute Gasteiger partial charge is 0.324 e. The van der Waals surface area contributed by atoms with Crippen molar-refractivity contribution in [1.82, 2.24) is 20.2 Å². The molecule has 6 nitrogen and oxygen atoms in total. The molecule has 2 aromatic carbocycles. The Labute approximate surface area is 156 Å². The van der Waals surface area contributed by atoms with Gasteiger partial charge in [-0.15, -0.1) is 0 Å². The number of nitrogens with zero attached hydrogens (tertiary/aromatic N) is 4. The van der Waals surface area contributed by atoms with Gasteiger partial charge in [0.05, 0.1) is 30.1 Å². The van der Waals surface area contributed by atoms with Crippen molar-refractivity contribution in [2.45, 2.75) is 6.42 Å². The van der Waals surface area contributed by atoms with Gasteiger partial charge in [0.15, 0.2) is 0 Å². The zero-order chi connectivity index (χ0) is 18.5. The fourth-order valence-electron chi connectivity index (χ4n) is 2.88. The van der Waals surface area contributed by atoms with Crippen molar-refractivity contribution in [3.63, 3.8) is 0 Å². The van der Waals surface area contributed by atoms with E-state index in [0.717, 1.165) is 33.8 Å². The van der Waals surface area contributed by atoms with Gasteiger partial charge >= 0.3 is 0 Å². The summed E-state index contributed by atoms with van der Waals surface area (Å²) in [4.78, 5) is 8.95. The molecule has 0 bridgehead atoms. The summed E-state index contributed by atoms with van der Waals surface area (Å²) >= 11 is 0. The predicted octanol–water partition coefficient (Wildman–Crippen LogP) is 4.34. The second-order valence-corrected chi connectivity index (χ2v) is 5.91. The molecule has 6 heteroatoms. The minimum Gasteiger partial charge on any atom is -0.324 e. The van der Waals surface area contributed by atoms with E-state index in [4.69, 9.17) is 5.26 Å². The Hall–Kier alpha value is -3.98. The molecule has 0 saturated heterocycles. The Morgan fingerprint density at radius 1 is 1.00 bits per heavy atom. The van der Waals surface area contributed by atoms with Gasteiger partial charge in [0.1, 0.15) is 0 Å². The topological polar surface area (TPSA) is 90.3 Å². The van der Waals surface area contributed by atoms with Crippen LogP contribution < -0.4 is 5.32 Å². The Bertz CT molecular complexity index is 1090. The second-order valence-electron chi connectivity index (χ2n) is 5.91. The van der Waals surface area contributed by atoms with Gasteiger partial charge < -0.3 is 5.32 Å². The molecule has 2 heterocycles. The van der Waals surface area contributed by atoms with Crippen molar-refractivity contribution in [2.75, 3.05) is 5.32 Å². The zero-order valence-electron chi connectivity index (χ0n) is 14.4. The molecular formula is C21H16N6. The maximum absolute atomic E-state index is 9.00. The standard InChI is InChI=1S/C21H16N6/c22-12-10-15-6-4-5-9-18(15)25-21-23-13-11-19(26-21)17-14-24-27-20(17)16-7-2-1-3-8-16/h1-9,11,13-14H,10H2,(H,24,27)(H,23,25,26). The molecule has 0 saturated carbocycles. The molecule has 0 unspecified atom stereocenters. The summed E-state index contributed by atoms with van der Waals surface area (Å²) in [5, 5.41) is 19.4. The summed E-state index contributed by atoms with van der Waals surface area (Å²) in [6.45, 7) is 0. The van der Waals surface area contributed by atoms with Crippen molar-refractivity contribution in [2.24, 2.45) is 0 Å². The molecule has 0 spiro atoms. The van der Waals surface area contributed by atoms with E-state index in [0.29, 0.717) is 12.4 Å². The van der Waals surface area contributed by atoms with Crippen molar-refractivity contribution in [1.29, 1.82) is 5.26 Å². The fourth-order valence-corrected chi connectivity index (χ4v) is 2.88. The van der Waals surface area contributed by atoms with Gasteiger partial charge in [-0.05, 0) is 17.7 Å². The average molecular weight is 352 g/mol. The van der Waals surface area contributed by atoms with Crippen LogP contribution in [0.25, 0.3) is 22.5 Å². The number of anilines is 2. The van der Waals surface area contributed by atoms with Crippen molar-refractivity contribution < 1.29 is 0 Å². The first-order chi connectivity index (χ1) is 13.3. The molecule has 4 aromatic rings. The molecule has 0 aliphatic carbocycles. The lowest BCUT2D eigenvalue weighted by Crippen LogP contribution is -2.00. The zero-order valence-corrected chi connectivity index (χ0v) is 14.4. The number of aromatic amines is 1. The average Bonchev–Trinajstić information content (AvgIpc) is 3.21. The summed E-state index contributed by atoms with van der Waals surface area (Å²) in [5.41, 5.74) is 5.34. The smallest absolute Gasteiger partial charge is 0.227 e. The number of H-pyrrole nitrogens is 1. The molecule has 130 valence electrons. The molecule has 0 aliphatic heterocycles. The van der Waals surface area contributed by atoms with E-state index in [1.165, 1.54) is 0 Å². The highest BCUT2D eigenvalue weighted by Crippen LogP contribution is 2.29. The first-order valence-corrected chi connectivity index (χ1v) is 8.49. The van der Waals surface area contributed by atoms with Crippen molar-refractivity contribution in [3.05, 3.63) is 78.6 Å². The summed E-state index contributed by atoms with van der Waals surface area (Å²) < 4.78 is 0. The van der Waals surface area contributed by atoms with Gasteiger partial charge in [0.2, 0.25) is 5.95 Å². The fraction of sp³-hybridized carbons (Fsp3) is 0.0476. The highest BCUT2D eigenvalue weighted by molar-refractivity contribution is 5.78. The Morgan fingerprint density at radius 3 is 2.67 bits per heavy atom. The molecule has 0 fully saturated rings. The highest BCUT2D eigenvalue weighted by atomic mass is 15.1. The lowest BCUT2D eigenvalue weighted by Gasteiger charge is -2.10. The summed E-state index contributed by atoms with van der Waals surface area (Å²) in [6.07, 6.45) is 3.79. The van der Waals surface area contributed by atoms with Crippen LogP contribution in [0.5, 0.6) is 0 Å². The third-order valence-electron chi connectivity index (χ3n) is 4.17. The number of hydrogen-bond donors (Lipinski definition) is 2. The number of hydrogen-bond acceptors (Lipinski definition) is 5. The van der Waals surface area contributed by atoms with Crippen LogP contribution in [0, 0.1) is 11.3 Å². The van der Waals surface area contributed by atoms with Crippen LogP contribution in [0.2, 0.25) is 0 Å². The lowest BCUT2D eigenvalue weighted by molar-refractivity contribution is 1.10. The SMILES string of the molecule is N#CCc1ccccc1Nc1nccc(-c2cn[nH]c2-c2ccccc2)n1. The molecule has 2 aromatic heterocycles. The first-order valence-electron chi connectivity index (χ1n) is 8.49. The van der Waals surface area contributed by atoms with E-state index in [1.807, 2.05) is 60.7 Å². The van der Waals surface area contributed by atoms with Crippen molar-refractivity contribution >= 4 is 11.6 Å². The Kier molecular flexibility index (Phi) is 4.58. The van der Waals surface area contributed by atoms with Crippen LogP contribution in [0.3, 0.4) is 0 Å². The van der Waals surface area contributed by atoms with Crippen LogP contribution in [0.1, 0.15) is 5.56 Å². The number of benzene rings is 2. The van der Waals surface area contributed by atoms with E-state index in [9.17, 15) is 0 Å². The molecule has 0 aliphatic rings. The van der Waals surface area contributed by atoms with E-state index in [1.54, 1.807) is 12.4 Å². The number of rotatable bonds is 5. The number of nitrogens with one attached hydrogen (secondary N) is 2. The summed E-state index contributed by atoms with van der Waals surface area (Å²) in [7, 11) is 0. The number of aromatic nitrogens is 4. The minimum absolute atomic E-state index is 0.322. The predicted molar refractivity (Wildman–Crippen MR) is 104 cm³/mol. The lowest BCUT2D eigenvalue weighted by atomic mass is 10.1. The molecule has 0 radical (unpaired) electrons. The molecule has 0 amide bonds. The maximum Gasteiger partial charge on any atom is 0.227 e. The Morgan fingerprint density at radius 2 is 1.81 bits per heavy atom. The number of para-hydroxylation sites is 1. The molecule has 4 rings (SSSR count). The minimum atomic E-state index is 0.322. The first kappa shape index (κ1) is 16.5. The quantitative estimate of drug-likeness (QED) is 0.557. The van der Waals surface area contributed by atoms with Crippen LogP contribution in [0.15, 0.2) is 73.1 Å². The molecule has 27 heavy (non-hydrogen) atoms. The van der Waals surface area contributed by atoms with Gasteiger partial charge in [-0.25, -0.2) is 9.97 Å². The van der Waals surface area contributed by atoms with Gasteiger partial charge in [-0.3, -0.25) is 5.10 Å². The Balaban J connectivity index is 1.67. The van der Waals surface area contributed by atoms with Crippen LogP contribution in [-0.4, -0.2) is 20.2 Å². The highest BCUT2D eigenvalue weighted by Gasteiger charge is 2.12. The van der Waals surface area contributed by atoms with E-state index in [2.05, 4.69) is 31.6 Å². The summed E-state index contributed by atoms with van der Waals surface area (Å²) in [6, 6.07) is 21.7. The van der Waals surface area contributed by atoms with Gasteiger partial charge in [-0.1, -0.05) is 48.5 Å². The van der Waals surface area contributed by atoms with E-state index < -0.39 is 0 Å². The normalized spacial score (nSPS) is 10.3. The van der Waals surface area contributed by atoms with E-state index >= 15 is 0 Å². The molecular weight excluding hydrogens is 336 g/mol. The van der Waals surface area contributed by atoms with Crippen LogP contribution in [-0.2, 0) is 6.42 Å². The third-order valence-corrected chi connectivity index (χ3v) is 4.17. The number of nitriles is 1. The van der Waals surface area contributed by atoms with Crippen molar-refractivity contribution in [3.8, 4) is 28.6 Å². The van der Waals surface area contributed by atoms with Gasteiger partial charge in [0, 0.05) is 23.0 Å². The molecule has 0 atom stereocenters. The van der Waals surface area contributed by atoms with E-state index in [-0.39, 0.29) is 0 Å². The van der Waals surface area contributed by atoms with Crippen LogP contribution >= 0.6 is 0 Å². The third kappa shape index (κ3) is 3.53. The second kappa shape index (κ2) is 7.50. The summed E-state index contributed by atoms with van der Waals surface area (Å²) in [5.74, 6) is 0.470. The molecule has 2 N–H and O–H groups in total. The van der Waals surface area contributed by atoms with Gasteiger partial charge in [0.25, 0.3) is 0 Å². The monoisotopic (exact) mass is 352 g/mol.